The Morgan fingerprint density at radius 1 is 1.41 bits per heavy atom. The van der Waals surface area contributed by atoms with Gasteiger partial charge in [-0.3, -0.25) is 0 Å². The molecule has 2 aromatic rings. The summed E-state index contributed by atoms with van der Waals surface area (Å²) in [6.07, 6.45) is 0. The molecule has 0 bridgehead atoms. The smallest absolute Gasteiger partial charge is 0.133 e. The van der Waals surface area contributed by atoms with E-state index in [1.165, 1.54) is 0 Å². The number of rotatable bonds is 2. The molecule has 0 aliphatic rings. The second-order valence-electron chi connectivity index (χ2n) is 4.98. The average molecular weight is 298 g/mol. The number of aromatic nitrogens is 2. The van der Waals surface area contributed by atoms with E-state index in [4.69, 9.17) is 10.5 Å². The fourth-order valence-corrected chi connectivity index (χ4v) is 1.99. The number of ether oxygens (including phenoxy) is 1. The monoisotopic (exact) mass is 297 g/mol. The van der Waals surface area contributed by atoms with Crippen molar-refractivity contribution >= 4 is 32.7 Å². The fraction of sp³-hybridized carbons (Fsp3) is 0.417. The Labute approximate surface area is 109 Å². The van der Waals surface area contributed by atoms with E-state index < -0.39 is 0 Å². The predicted molar refractivity (Wildman–Crippen MR) is 72.7 cm³/mol. The number of benzene rings is 1. The van der Waals surface area contributed by atoms with E-state index in [9.17, 15) is 0 Å². The zero-order valence-corrected chi connectivity index (χ0v) is 11.8. The first-order valence-electron chi connectivity index (χ1n) is 5.43. The average Bonchev–Trinajstić information content (AvgIpc) is 2.56. The van der Waals surface area contributed by atoms with Crippen molar-refractivity contribution in [1.29, 1.82) is 0 Å². The summed E-state index contributed by atoms with van der Waals surface area (Å²) >= 11 is 3.40. The third kappa shape index (κ3) is 2.98. The van der Waals surface area contributed by atoms with Gasteiger partial charge in [0.2, 0.25) is 0 Å². The van der Waals surface area contributed by atoms with Gasteiger partial charge in [-0.25, -0.2) is 4.98 Å². The predicted octanol–water partition coefficient (Wildman–Crippen LogP) is 3.22. The van der Waals surface area contributed by atoms with E-state index in [0.29, 0.717) is 12.3 Å². The lowest BCUT2D eigenvalue weighted by Crippen LogP contribution is -2.19. The highest BCUT2D eigenvalue weighted by molar-refractivity contribution is 9.10. The Morgan fingerprint density at radius 3 is 2.76 bits per heavy atom. The minimum atomic E-state index is -0.175. The molecule has 1 aromatic carbocycles. The Kier molecular flexibility index (Phi) is 3.14. The molecule has 3 N–H and O–H groups in total. The second kappa shape index (κ2) is 4.31. The summed E-state index contributed by atoms with van der Waals surface area (Å²) in [6.45, 7) is 6.50. The van der Waals surface area contributed by atoms with Gasteiger partial charge in [0.15, 0.2) is 0 Å². The van der Waals surface area contributed by atoms with Crippen LogP contribution in [0.5, 0.6) is 0 Å². The van der Waals surface area contributed by atoms with E-state index in [1.807, 2.05) is 32.9 Å². The minimum Gasteiger partial charge on any atom is -0.397 e. The van der Waals surface area contributed by atoms with Gasteiger partial charge in [-0.05, 0) is 32.9 Å². The first-order valence-corrected chi connectivity index (χ1v) is 6.22. The number of hydrogen-bond acceptors (Lipinski definition) is 3. The van der Waals surface area contributed by atoms with Crippen molar-refractivity contribution < 1.29 is 4.74 Å². The first kappa shape index (κ1) is 12.4. The maximum atomic E-state index is 5.90. The number of nitrogen functional groups attached to an aromatic ring is 1. The number of fused-ring (bicyclic) bond motifs is 1. The third-order valence-electron chi connectivity index (χ3n) is 2.27. The van der Waals surface area contributed by atoms with Crippen molar-refractivity contribution in [2.24, 2.45) is 0 Å². The van der Waals surface area contributed by atoms with Gasteiger partial charge in [-0.2, -0.15) is 0 Å². The molecule has 0 amide bonds. The van der Waals surface area contributed by atoms with Crippen LogP contribution in [0, 0.1) is 0 Å². The molecule has 0 saturated heterocycles. The van der Waals surface area contributed by atoms with Crippen LogP contribution in [-0.2, 0) is 11.3 Å². The molecule has 1 aromatic heterocycles. The van der Waals surface area contributed by atoms with Crippen molar-refractivity contribution in [1.82, 2.24) is 9.97 Å². The van der Waals surface area contributed by atoms with Crippen molar-refractivity contribution in [3.8, 4) is 0 Å². The Balaban J connectivity index is 2.29. The quantitative estimate of drug-likeness (QED) is 0.837. The normalized spacial score (nSPS) is 12.2. The fourth-order valence-electron chi connectivity index (χ4n) is 1.51. The maximum absolute atomic E-state index is 5.90. The van der Waals surface area contributed by atoms with Crippen LogP contribution in [0.4, 0.5) is 5.69 Å². The molecule has 92 valence electrons. The molecule has 17 heavy (non-hydrogen) atoms. The molecule has 0 radical (unpaired) electrons. The van der Waals surface area contributed by atoms with Crippen LogP contribution in [0.2, 0.25) is 0 Å². The van der Waals surface area contributed by atoms with Crippen molar-refractivity contribution in [2.45, 2.75) is 33.0 Å². The molecule has 0 fully saturated rings. The van der Waals surface area contributed by atoms with Gasteiger partial charge in [0, 0.05) is 4.47 Å². The number of halogens is 1. The second-order valence-corrected chi connectivity index (χ2v) is 5.89. The van der Waals surface area contributed by atoms with Gasteiger partial charge in [0.25, 0.3) is 0 Å². The highest BCUT2D eigenvalue weighted by atomic mass is 79.9. The molecule has 4 nitrogen and oxygen atoms in total. The van der Waals surface area contributed by atoms with E-state index in [0.717, 1.165) is 21.3 Å². The van der Waals surface area contributed by atoms with Gasteiger partial charge >= 0.3 is 0 Å². The Hall–Kier alpha value is -1.07. The van der Waals surface area contributed by atoms with E-state index in [-0.39, 0.29) is 5.60 Å². The summed E-state index contributed by atoms with van der Waals surface area (Å²) in [7, 11) is 0. The summed E-state index contributed by atoms with van der Waals surface area (Å²) in [6, 6.07) is 3.80. The summed E-state index contributed by atoms with van der Waals surface area (Å²) < 4.78 is 6.61. The van der Waals surface area contributed by atoms with E-state index >= 15 is 0 Å². The van der Waals surface area contributed by atoms with Gasteiger partial charge in [0.1, 0.15) is 17.9 Å². The standard InChI is InChI=1S/C12H16BrN3O/c1-12(2,3)17-6-10-15-9-5-7(13)4-8(14)11(9)16-10/h4-5H,6,14H2,1-3H3,(H,15,16). The van der Waals surface area contributed by atoms with Gasteiger partial charge in [0.05, 0.1) is 16.8 Å². The molecule has 1 heterocycles. The molecule has 0 atom stereocenters. The van der Waals surface area contributed by atoms with Crippen LogP contribution >= 0.6 is 15.9 Å². The van der Waals surface area contributed by atoms with Crippen LogP contribution in [0.25, 0.3) is 11.0 Å². The molecular weight excluding hydrogens is 282 g/mol. The SMILES string of the molecule is CC(C)(C)OCc1nc2c(N)cc(Br)cc2[nH]1. The van der Waals surface area contributed by atoms with Crippen LogP contribution in [0.15, 0.2) is 16.6 Å². The molecule has 0 saturated carbocycles. The van der Waals surface area contributed by atoms with E-state index in [2.05, 4.69) is 25.9 Å². The van der Waals surface area contributed by atoms with Crippen LogP contribution in [0.1, 0.15) is 26.6 Å². The lowest BCUT2D eigenvalue weighted by atomic mass is 10.2. The zero-order chi connectivity index (χ0) is 12.6. The van der Waals surface area contributed by atoms with Crippen molar-refractivity contribution in [3.63, 3.8) is 0 Å². The summed E-state index contributed by atoms with van der Waals surface area (Å²) in [5.41, 5.74) is 8.10. The maximum Gasteiger partial charge on any atom is 0.133 e. The number of H-pyrrole nitrogens is 1. The molecule has 0 aliphatic heterocycles. The molecule has 0 unspecified atom stereocenters. The van der Waals surface area contributed by atoms with Gasteiger partial charge < -0.3 is 15.5 Å². The number of aromatic amines is 1. The number of anilines is 1. The number of nitrogens with two attached hydrogens (primary N) is 1. The topological polar surface area (TPSA) is 63.9 Å². The number of nitrogens with zero attached hydrogens (tertiary/aromatic N) is 1. The minimum absolute atomic E-state index is 0.175. The highest BCUT2D eigenvalue weighted by Gasteiger charge is 2.13. The third-order valence-corrected chi connectivity index (χ3v) is 2.73. The molecule has 0 spiro atoms. The molecular formula is C12H16BrN3O. The van der Waals surface area contributed by atoms with Crippen LogP contribution in [-0.4, -0.2) is 15.6 Å². The Morgan fingerprint density at radius 2 is 2.12 bits per heavy atom. The molecule has 2 rings (SSSR count). The van der Waals surface area contributed by atoms with Crippen LogP contribution < -0.4 is 5.73 Å². The van der Waals surface area contributed by atoms with Gasteiger partial charge in [-0.1, -0.05) is 15.9 Å². The van der Waals surface area contributed by atoms with E-state index in [1.54, 1.807) is 0 Å². The zero-order valence-electron chi connectivity index (χ0n) is 10.2. The highest BCUT2D eigenvalue weighted by Crippen LogP contribution is 2.24. The number of hydrogen-bond donors (Lipinski definition) is 2. The summed E-state index contributed by atoms with van der Waals surface area (Å²) in [5, 5.41) is 0. The number of imidazole rings is 1. The summed E-state index contributed by atoms with van der Waals surface area (Å²) in [4.78, 5) is 7.63. The Bertz CT molecular complexity index is 542. The lowest BCUT2D eigenvalue weighted by molar-refractivity contribution is -0.0177. The molecule has 5 heteroatoms. The van der Waals surface area contributed by atoms with Gasteiger partial charge in [-0.15, -0.1) is 0 Å². The van der Waals surface area contributed by atoms with Crippen molar-refractivity contribution in [3.05, 3.63) is 22.4 Å². The van der Waals surface area contributed by atoms with Crippen molar-refractivity contribution in [2.75, 3.05) is 5.73 Å². The first-order chi connectivity index (χ1) is 7.85. The number of nitrogens with one attached hydrogen (secondary N) is 1. The van der Waals surface area contributed by atoms with Crippen LogP contribution in [0.3, 0.4) is 0 Å². The summed E-state index contributed by atoms with van der Waals surface area (Å²) in [5.74, 6) is 0.791. The largest absolute Gasteiger partial charge is 0.397 e. The molecule has 0 aliphatic carbocycles. The lowest BCUT2D eigenvalue weighted by Gasteiger charge is -2.18.